The minimum Gasteiger partial charge on any atom is -0.492 e. The third kappa shape index (κ3) is 5.42. The molecule has 0 spiro atoms. The molecule has 0 aliphatic carbocycles. The maximum atomic E-state index is 12.1. The molecule has 31 heavy (non-hydrogen) atoms. The van der Waals surface area contributed by atoms with Gasteiger partial charge in [-0.05, 0) is 49.8 Å². The van der Waals surface area contributed by atoms with Crippen LogP contribution in [0.25, 0.3) is 17.2 Å². The third-order valence-electron chi connectivity index (χ3n) is 4.34. The summed E-state index contributed by atoms with van der Waals surface area (Å²) in [5.41, 5.74) is 1.67. The van der Waals surface area contributed by atoms with E-state index in [1.165, 1.54) is 10.6 Å². The molecular weight excluding hydrogens is 402 g/mol. The van der Waals surface area contributed by atoms with E-state index in [0.717, 1.165) is 0 Å². The van der Waals surface area contributed by atoms with Crippen LogP contribution in [-0.4, -0.2) is 36.3 Å². The van der Waals surface area contributed by atoms with Crippen LogP contribution < -0.4 is 10.5 Å². The molecule has 0 aliphatic rings. The van der Waals surface area contributed by atoms with Crippen LogP contribution in [0.1, 0.15) is 19.4 Å². The van der Waals surface area contributed by atoms with Crippen LogP contribution in [-0.2, 0) is 25.6 Å². The van der Waals surface area contributed by atoms with E-state index in [-0.39, 0.29) is 25.4 Å². The van der Waals surface area contributed by atoms with E-state index in [1.807, 2.05) is 12.1 Å². The Balaban J connectivity index is 1.66. The summed E-state index contributed by atoms with van der Waals surface area (Å²) < 4.78 is 22.3. The molecule has 0 bridgehead atoms. The topological polar surface area (TPSA) is 97.0 Å². The zero-order valence-corrected chi connectivity index (χ0v) is 17.3. The first kappa shape index (κ1) is 21.9. The highest BCUT2D eigenvalue weighted by atomic mass is 16.6. The second kappa shape index (κ2) is 10.3. The third-order valence-corrected chi connectivity index (χ3v) is 4.34. The minimum absolute atomic E-state index is 0.150. The number of hydrogen-bond acceptors (Lipinski definition) is 7. The number of aromatic nitrogens is 1. The Kier molecular flexibility index (Phi) is 7.26. The summed E-state index contributed by atoms with van der Waals surface area (Å²) in [4.78, 5) is 36.1. The van der Waals surface area contributed by atoms with Gasteiger partial charge in [-0.1, -0.05) is 24.3 Å². The lowest BCUT2D eigenvalue weighted by Gasteiger charge is -2.08. The summed E-state index contributed by atoms with van der Waals surface area (Å²) in [6.45, 7) is 4.21. The van der Waals surface area contributed by atoms with Crippen molar-refractivity contribution in [2.24, 2.45) is 0 Å². The molecule has 0 radical (unpaired) electrons. The molecule has 0 N–H and O–H groups in total. The Hall–Kier alpha value is -3.81. The van der Waals surface area contributed by atoms with Crippen molar-refractivity contribution < 1.29 is 28.2 Å². The standard InChI is InChI=1S/C23H23NO7/c1-3-28-21(25)18(22(26)29-4-2)15-16-9-11-17(12-10-16)30-14-13-24-19-7-5-6-8-20(19)31-23(24)27/h5-12,15H,3-4,13-14H2,1-2H3. The molecule has 3 rings (SSSR count). The minimum atomic E-state index is -0.737. The van der Waals surface area contributed by atoms with Crippen LogP contribution in [0, 0.1) is 0 Å². The molecule has 0 fully saturated rings. The van der Waals surface area contributed by atoms with Gasteiger partial charge in [0.2, 0.25) is 0 Å². The number of carbonyl (C=O) groups is 2. The summed E-state index contributed by atoms with van der Waals surface area (Å²) >= 11 is 0. The van der Waals surface area contributed by atoms with Gasteiger partial charge in [-0.3, -0.25) is 4.57 Å². The van der Waals surface area contributed by atoms with Crippen LogP contribution >= 0.6 is 0 Å². The molecule has 0 aliphatic heterocycles. The van der Waals surface area contributed by atoms with Crippen molar-refractivity contribution >= 4 is 29.1 Å². The molecule has 8 heteroatoms. The lowest BCUT2D eigenvalue weighted by atomic mass is 10.1. The number of fused-ring (bicyclic) bond motifs is 1. The highest BCUT2D eigenvalue weighted by Crippen LogP contribution is 2.17. The highest BCUT2D eigenvalue weighted by Gasteiger charge is 2.20. The monoisotopic (exact) mass is 425 g/mol. The number of para-hydroxylation sites is 2. The van der Waals surface area contributed by atoms with E-state index in [4.69, 9.17) is 18.6 Å². The van der Waals surface area contributed by atoms with E-state index in [1.54, 1.807) is 50.2 Å². The van der Waals surface area contributed by atoms with Crippen molar-refractivity contribution in [2.45, 2.75) is 20.4 Å². The van der Waals surface area contributed by atoms with E-state index < -0.39 is 17.7 Å². The smallest absolute Gasteiger partial charge is 0.420 e. The second-order valence-electron chi connectivity index (χ2n) is 6.40. The zero-order valence-electron chi connectivity index (χ0n) is 17.3. The SMILES string of the molecule is CCOC(=O)C(=Cc1ccc(OCCn2c(=O)oc3ccccc32)cc1)C(=O)OCC. The molecule has 8 nitrogen and oxygen atoms in total. The fraction of sp³-hybridized carbons (Fsp3) is 0.261. The van der Waals surface area contributed by atoms with Crippen LogP contribution in [0.4, 0.5) is 0 Å². The number of benzene rings is 2. The lowest BCUT2D eigenvalue weighted by molar-refractivity contribution is -0.146. The molecule has 0 amide bonds. The number of hydrogen-bond donors (Lipinski definition) is 0. The maximum absolute atomic E-state index is 12.1. The number of carbonyl (C=O) groups excluding carboxylic acids is 2. The molecule has 1 heterocycles. The molecule has 0 saturated carbocycles. The van der Waals surface area contributed by atoms with E-state index in [0.29, 0.717) is 29.0 Å². The van der Waals surface area contributed by atoms with Gasteiger partial charge in [0.25, 0.3) is 0 Å². The summed E-state index contributed by atoms with van der Waals surface area (Å²) in [6.07, 6.45) is 1.41. The van der Waals surface area contributed by atoms with E-state index in [2.05, 4.69) is 0 Å². The Morgan fingerprint density at radius 2 is 1.61 bits per heavy atom. The van der Waals surface area contributed by atoms with Gasteiger partial charge >= 0.3 is 17.7 Å². The Labute approximate surface area is 178 Å². The Morgan fingerprint density at radius 1 is 0.968 bits per heavy atom. The summed E-state index contributed by atoms with van der Waals surface area (Å²) in [5, 5.41) is 0. The predicted molar refractivity (Wildman–Crippen MR) is 114 cm³/mol. The molecular formula is C23H23NO7. The Morgan fingerprint density at radius 3 is 2.26 bits per heavy atom. The molecule has 0 atom stereocenters. The first-order valence-corrected chi connectivity index (χ1v) is 9.90. The Bertz CT molecular complexity index is 1120. The average Bonchev–Trinajstić information content (AvgIpc) is 3.08. The fourth-order valence-corrected chi connectivity index (χ4v) is 2.93. The van der Waals surface area contributed by atoms with Crippen LogP contribution in [0.5, 0.6) is 5.75 Å². The van der Waals surface area contributed by atoms with Crippen LogP contribution in [0.15, 0.2) is 63.3 Å². The van der Waals surface area contributed by atoms with Gasteiger partial charge < -0.3 is 18.6 Å². The second-order valence-corrected chi connectivity index (χ2v) is 6.40. The van der Waals surface area contributed by atoms with Gasteiger partial charge in [-0.25, -0.2) is 14.4 Å². The largest absolute Gasteiger partial charge is 0.492 e. The maximum Gasteiger partial charge on any atom is 0.420 e. The lowest BCUT2D eigenvalue weighted by Crippen LogP contribution is -2.18. The van der Waals surface area contributed by atoms with Crippen molar-refractivity contribution in [1.29, 1.82) is 0 Å². The van der Waals surface area contributed by atoms with Crippen LogP contribution in [0.2, 0.25) is 0 Å². The quantitative estimate of drug-likeness (QED) is 0.225. The van der Waals surface area contributed by atoms with Crippen molar-refractivity contribution in [3.63, 3.8) is 0 Å². The fourth-order valence-electron chi connectivity index (χ4n) is 2.93. The van der Waals surface area contributed by atoms with Gasteiger partial charge in [-0.2, -0.15) is 0 Å². The van der Waals surface area contributed by atoms with Gasteiger partial charge in [0.15, 0.2) is 5.58 Å². The predicted octanol–water partition coefficient (Wildman–Crippen LogP) is 3.18. The molecule has 2 aromatic carbocycles. The summed E-state index contributed by atoms with van der Waals surface area (Å²) in [6, 6.07) is 14.0. The van der Waals surface area contributed by atoms with Crippen molar-refractivity contribution in [3.8, 4) is 5.75 Å². The first-order chi connectivity index (χ1) is 15.0. The molecule has 3 aromatic rings. The van der Waals surface area contributed by atoms with E-state index in [9.17, 15) is 14.4 Å². The normalized spacial score (nSPS) is 10.5. The molecule has 162 valence electrons. The highest BCUT2D eigenvalue weighted by molar-refractivity contribution is 6.17. The van der Waals surface area contributed by atoms with Gasteiger partial charge in [-0.15, -0.1) is 0 Å². The summed E-state index contributed by atoms with van der Waals surface area (Å²) in [5.74, 6) is -1.33. The zero-order chi connectivity index (χ0) is 22.2. The average molecular weight is 425 g/mol. The van der Waals surface area contributed by atoms with Crippen molar-refractivity contribution in [1.82, 2.24) is 4.57 Å². The number of nitrogens with zero attached hydrogens (tertiary/aromatic N) is 1. The van der Waals surface area contributed by atoms with Gasteiger partial charge in [0.1, 0.15) is 17.9 Å². The summed E-state index contributed by atoms with van der Waals surface area (Å²) in [7, 11) is 0. The molecule has 0 unspecified atom stereocenters. The van der Waals surface area contributed by atoms with Crippen LogP contribution in [0.3, 0.4) is 0 Å². The van der Waals surface area contributed by atoms with Gasteiger partial charge in [0, 0.05) is 0 Å². The molecule has 1 aromatic heterocycles. The molecule has 0 saturated heterocycles. The first-order valence-electron chi connectivity index (χ1n) is 9.90. The number of oxazole rings is 1. The van der Waals surface area contributed by atoms with Gasteiger partial charge in [0.05, 0.1) is 25.3 Å². The number of esters is 2. The van der Waals surface area contributed by atoms with E-state index >= 15 is 0 Å². The number of rotatable bonds is 9. The van der Waals surface area contributed by atoms with Crippen molar-refractivity contribution in [3.05, 3.63) is 70.2 Å². The van der Waals surface area contributed by atoms with Crippen molar-refractivity contribution in [2.75, 3.05) is 19.8 Å². The number of ether oxygens (including phenoxy) is 3.